The van der Waals surface area contributed by atoms with Crippen molar-refractivity contribution >= 4 is 0 Å². The first kappa shape index (κ1) is 13.2. The zero-order valence-corrected chi connectivity index (χ0v) is 10.8. The molecule has 100 valence electrons. The fourth-order valence-electron chi connectivity index (χ4n) is 2.92. The highest BCUT2D eigenvalue weighted by atomic mass is 16.7. The molecule has 0 aromatic carbocycles. The number of aliphatic hydroxyl groups is 2. The van der Waals surface area contributed by atoms with Gasteiger partial charge in [0, 0.05) is 12.5 Å². The Morgan fingerprint density at radius 2 is 2.06 bits per heavy atom. The van der Waals surface area contributed by atoms with Crippen LogP contribution in [0.25, 0.3) is 0 Å². The zero-order valence-electron chi connectivity index (χ0n) is 10.8. The molecule has 0 aliphatic carbocycles. The monoisotopic (exact) mass is 246 g/mol. The third-order valence-corrected chi connectivity index (χ3v) is 3.78. The summed E-state index contributed by atoms with van der Waals surface area (Å²) in [5, 5.41) is 19.4. The van der Waals surface area contributed by atoms with Crippen LogP contribution in [0.15, 0.2) is 0 Å². The van der Waals surface area contributed by atoms with Crippen LogP contribution >= 0.6 is 0 Å². The Hall–Kier alpha value is -0.200. The van der Waals surface area contributed by atoms with E-state index >= 15 is 0 Å². The maximum absolute atomic E-state index is 9.86. The molecule has 0 aromatic rings. The fourth-order valence-corrected chi connectivity index (χ4v) is 2.92. The Labute approximate surface area is 102 Å². The minimum atomic E-state index is -0.872. The first-order valence-electron chi connectivity index (χ1n) is 5.97. The van der Waals surface area contributed by atoms with Crippen molar-refractivity contribution in [2.75, 3.05) is 20.3 Å². The maximum Gasteiger partial charge on any atom is 0.121 e. The van der Waals surface area contributed by atoms with Gasteiger partial charge in [-0.05, 0) is 6.92 Å². The Kier molecular flexibility index (Phi) is 3.25. The highest BCUT2D eigenvalue weighted by molar-refractivity contribution is 5.14. The van der Waals surface area contributed by atoms with Crippen molar-refractivity contribution < 1.29 is 24.4 Å². The minimum absolute atomic E-state index is 0.0279. The standard InChI is InChI=1S/C12H22O5/c1-11(2,6-15-4)10-12(3,17-10)9-8(14)7(13)5-16-9/h7-10,13-14H,5-6H2,1-4H3. The maximum atomic E-state index is 9.86. The second-order valence-electron chi connectivity index (χ2n) is 5.92. The van der Waals surface area contributed by atoms with Gasteiger partial charge in [0.1, 0.15) is 23.9 Å². The molecule has 0 spiro atoms. The van der Waals surface area contributed by atoms with Gasteiger partial charge in [0.2, 0.25) is 0 Å². The normalized spacial score (nSPS) is 46.2. The number of epoxide rings is 1. The molecule has 2 fully saturated rings. The second kappa shape index (κ2) is 4.17. The van der Waals surface area contributed by atoms with E-state index < -0.39 is 23.9 Å². The van der Waals surface area contributed by atoms with Crippen LogP contribution in [0.2, 0.25) is 0 Å². The van der Waals surface area contributed by atoms with Crippen LogP contribution in [-0.4, -0.2) is 60.6 Å². The topological polar surface area (TPSA) is 71.5 Å². The molecule has 2 aliphatic heterocycles. The predicted octanol–water partition coefficient (Wildman–Crippen LogP) is -0.0629. The van der Waals surface area contributed by atoms with Crippen LogP contribution in [0.3, 0.4) is 0 Å². The molecule has 2 N–H and O–H groups in total. The first-order chi connectivity index (χ1) is 7.83. The van der Waals surface area contributed by atoms with Crippen molar-refractivity contribution in [2.24, 2.45) is 5.41 Å². The molecule has 0 radical (unpaired) electrons. The number of methoxy groups -OCH3 is 1. The smallest absolute Gasteiger partial charge is 0.121 e. The van der Waals surface area contributed by atoms with E-state index in [-0.39, 0.29) is 18.1 Å². The van der Waals surface area contributed by atoms with Gasteiger partial charge in [0.15, 0.2) is 0 Å². The molecule has 0 amide bonds. The van der Waals surface area contributed by atoms with Gasteiger partial charge in [0.25, 0.3) is 0 Å². The highest BCUT2D eigenvalue weighted by Gasteiger charge is 2.67. The van der Waals surface area contributed by atoms with E-state index in [1.165, 1.54) is 0 Å². The molecular formula is C12H22O5. The third kappa shape index (κ3) is 2.11. The van der Waals surface area contributed by atoms with E-state index in [9.17, 15) is 10.2 Å². The summed E-state index contributed by atoms with van der Waals surface area (Å²) in [6, 6.07) is 0. The number of rotatable bonds is 4. The molecule has 5 nitrogen and oxygen atoms in total. The fraction of sp³-hybridized carbons (Fsp3) is 1.00. The zero-order chi connectivity index (χ0) is 12.8. The van der Waals surface area contributed by atoms with Gasteiger partial charge in [-0.3, -0.25) is 0 Å². The van der Waals surface area contributed by atoms with E-state index in [0.717, 1.165) is 0 Å². The van der Waals surface area contributed by atoms with Gasteiger partial charge in [-0.2, -0.15) is 0 Å². The quantitative estimate of drug-likeness (QED) is 0.680. The van der Waals surface area contributed by atoms with E-state index in [1.807, 2.05) is 6.92 Å². The van der Waals surface area contributed by atoms with Gasteiger partial charge >= 0.3 is 0 Å². The van der Waals surface area contributed by atoms with Crippen LogP contribution in [0.5, 0.6) is 0 Å². The highest BCUT2D eigenvalue weighted by Crippen LogP contribution is 2.52. The minimum Gasteiger partial charge on any atom is -0.388 e. The molecule has 2 saturated heterocycles. The number of hydrogen-bond donors (Lipinski definition) is 2. The van der Waals surface area contributed by atoms with Crippen molar-refractivity contribution in [3.8, 4) is 0 Å². The summed E-state index contributed by atoms with van der Waals surface area (Å²) in [5.74, 6) is 0. The van der Waals surface area contributed by atoms with E-state index in [0.29, 0.717) is 6.61 Å². The molecule has 5 atom stereocenters. The van der Waals surface area contributed by atoms with Gasteiger partial charge < -0.3 is 24.4 Å². The molecule has 5 unspecified atom stereocenters. The molecule has 17 heavy (non-hydrogen) atoms. The number of ether oxygens (including phenoxy) is 3. The largest absolute Gasteiger partial charge is 0.388 e. The summed E-state index contributed by atoms with van der Waals surface area (Å²) in [6.45, 7) is 6.79. The summed E-state index contributed by atoms with van der Waals surface area (Å²) in [6.07, 6.45) is -2.17. The van der Waals surface area contributed by atoms with Gasteiger partial charge in [-0.25, -0.2) is 0 Å². The molecule has 2 aliphatic rings. The van der Waals surface area contributed by atoms with Crippen molar-refractivity contribution in [2.45, 2.75) is 50.8 Å². The van der Waals surface area contributed by atoms with Crippen molar-refractivity contribution in [1.29, 1.82) is 0 Å². The van der Waals surface area contributed by atoms with Gasteiger partial charge in [0.05, 0.1) is 19.3 Å². The average Bonchev–Trinajstić information content (AvgIpc) is 2.82. The summed E-state index contributed by atoms with van der Waals surface area (Å²) >= 11 is 0. The first-order valence-corrected chi connectivity index (χ1v) is 5.97. The lowest BCUT2D eigenvalue weighted by molar-refractivity contribution is -0.0168. The summed E-state index contributed by atoms with van der Waals surface area (Å²) in [5.41, 5.74) is -0.668. The number of aliphatic hydroxyl groups excluding tert-OH is 2. The molecule has 5 heteroatoms. The van der Waals surface area contributed by atoms with Crippen LogP contribution in [0, 0.1) is 5.41 Å². The van der Waals surface area contributed by atoms with Gasteiger partial charge in [-0.1, -0.05) is 13.8 Å². The van der Waals surface area contributed by atoms with Gasteiger partial charge in [-0.15, -0.1) is 0 Å². The molecule has 0 saturated carbocycles. The van der Waals surface area contributed by atoms with E-state index in [1.54, 1.807) is 7.11 Å². The summed E-state index contributed by atoms with van der Waals surface area (Å²) < 4.78 is 16.4. The summed E-state index contributed by atoms with van der Waals surface area (Å²) in [7, 11) is 1.66. The molecular weight excluding hydrogens is 224 g/mol. The number of hydrogen-bond acceptors (Lipinski definition) is 5. The molecule has 2 rings (SSSR count). The Morgan fingerprint density at radius 1 is 1.41 bits per heavy atom. The average molecular weight is 246 g/mol. The summed E-state index contributed by atoms with van der Waals surface area (Å²) in [4.78, 5) is 0. The van der Waals surface area contributed by atoms with Crippen LogP contribution < -0.4 is 0 Å². The lowest BCUT2D eigenvalue weighted by Crippen LogP contribution is -2.43. The Balaban J connectivity index is 2.04. The van der Waals surface area contributed by atoms with Crippen LogP contribution in [0.4, 0.5) is 0 Å². The van der Waals surface area contributed by atoms with Crippen LogP contribution in [0.1, 0.15) is 20.8 Å². The molecule has 2 heterocycles. The lowest BCUT2D eigenvalue weighted by atomic mass is 9.81. The van der Waals surface area contributed by atoms with Crippen molar-refractivity contribution in [3.05, 3.63) is 0 Å². The lowest BCUT2D eigenvalue weighted by Gasteiger charge is -2.26. The SMILES string of the molecule is COCC(C)(C)C1OC1(C)C1OCC(O)C1O. The third-order valence-electron chi connectivity index (χ3n) is 3.78. The predicted molar refractivity (Wildman–Crippen MR) is 60.7 cm³/mol. The van der Waals surface area contributed by atoms with Crippen molar-refractivity contribution in [1.82, 2.24) is 0 Å². The van der Waals surface area contributed by atoms with Crippen molar-refractivity contribution in [3.63, 3.8) is 0 Å². The van der Waals surface area contributed by atoms with E-state index in [4.69, 9.17) is 14.2 Å². The second-order valence-corrected chi connectivity index (χ2v) is 5.92. The Bertz CT molecular complexity index is 293. The Morgan fingerprint density at radius 3 is 2.53 bits per heavy atom. The van der Waals surface area contributed by atoms with E-state index in [2.05, 4.69) is 13.8 Å². The molecule has 0 aromatic heterocycles. The molecule has 0 bridgehead atoms. The van der Waals surface area contributed by atoms with Crippen LogP contribution in [-0.2, 0) is 14.2 Å².